The van der Waals surface area contributed by atoms with E-state index in [1.165, 1.54) is 11.3 Å². The van der Waals surface area contributed by atoms with Crippen LogP contribution in [0.15, 0.2) is 52.1 Å². The zero-order valence-corrected chi connectivity index (χ0v) is 17.8. The third-order valence-electron chi connectivity index (χ3n) is 4.13. The van der Waals surface area contributed by atoms with Crippen LogP contribution in [0.3, 0.4) is 0 Å². The SMILES string of the molecule is CCOC(=O)C1=C(COCCOC)NC(c2nccs2)=NC1c1ccccc1Cl. The molecular formula is C20H22ClN3O4S. The molecule has 0 saturated carbocycles. The smallest absolute Gasteiger partial charge is 0.338 e. The first kappa shape index (κ1) is 21.4. The maximum atomic E-state index is 12.9. The van der Waals surface area contributed by atoms with Crippen molar-refractivity contribution in [1.82, 2.24) is 10.3 Å². The standard InChI is InChI=1S/C20H22ClN3O4S/c1-3-28-20(25)16-15(12-27-10-9-26-2)23-18(19-22-8-11-29-19)24-17(16)13-6-4-5-7-14(13)21/h4-8,11,17H,3,9-10,12H2,1-2H3,(H,23,24). The molecule has 1 aliphatic heterocycles. The van der Waals surface area contributed by atoms with Gasteiger partial charge >= 0.3 is 5.97 Å². The van der Waals surface area contributed by atoms with Crippen molar-refractivity contribution in [3.05, 3.63) is 62.7 Å². The highest BCUT2D eigenvalue weighted by Crippen LogP contribution is 2.36. The van der Waals surface area contributed by atoms with E-state index in [1.54, 1.807) is 26.3 Å². The van der Waals surface area contributed by atoms with Gasteiger partial charge in [0.15, 0.2) is 10.8 Å². The van der Waals surface area contributed by atoms with Crippen LogP contribution in [0.2, 0.25) is 5.02 Å². The zero-order valence-electron chi connectivity index (χ0n) is 16.2. The number of esters is 1. The lowest BCUT2D eigenvalue weighted by Crippen LogP contribution is -2.36. The van der Waals surface area contributed by atoms with Gasteiger partial charge in [0.2, 0.25) is 0 Å². The topological polar surface area (TPSA) is 82.0 Å². The van der Waals surface area contributed by atoms with Gasteiger partial charge in [-0.25, -0.2) is 9.78 Å². The number of aliphatic imine (C=N–C) groups is 1. The minimum absolute atomic E-state index is 0.169. The molecule has 0 saturated heterocycles. The molecule has 0 radical (unpaired) electrons. The van der Waals surface area contributed by atoms with E-state index in [2.05, 4.69) is 10.3 Å². The number of nitrogens with one attached hydrogen (secondary N) is 1. The average Bonchev–Trinajstić information content (AvgIpc) is 3.26. The molecule has 2 aromatic rings. The number of rotatable bonds is 9. The number of hydrogen-bond acceptors (Lipinski definition) is 8. The monoisotopic (exact) mass is 435 g/mol. The minimum Gasteiger partial charge on any atom is -0.463 e. The molecule has 1 atom stereocenters. The fourth-order valence-corrected chi connectivity index (χ4v) is 3.67. The van der Waals surface area contributed by atoms with Crippen molar-refractivity contribution in [2.45, 2.75) is 13.0 Å². The molecule has 1 aromatic carbocycles. The highest BCUT2D eigenvalue weighted by atomic mass is 35.5. The van der Waals surface area contributed by atoms with Crippen molar-refractivity contribution < 1.29 is 19.0 Å². The van der Waals surface area contributed by atoms with Crippen LogP contribution in [0.4, 0.5) is 0 Å². The Bertz CT molecular complexity index is 899. The quantitative estimate of drug-likeness (QED) is 0.480. The molecule has 29 heavy (non-hydrogen) atoms. The van der Waals surface area contributed by atoms with E-state index < -0.39 is 12.0 Å². The zero-order chi connectivity index (χ0) is 20.6. The van der Waals surface area contributed by atoms with E-state index >= 15 is 0 Å². The molecule has 0 amide bonds. The highest BCUT2D eigenvalue weighted by molar-refractivity contribution is 7.11. The van der Waals surface area contributed by atoms with Crippen LogP contribution in [-0.2, 0) is 19.0 Å². The molecule has 2 heterocycles. The second-order valence-electron chi connectivity index (χ2n) is 6.02. The van der Waals surface area contributed by atoms with Gasteiger partial charge in [-0.1, -0.05) is 29.8 Å². The first-order valence-electron chi connectivity index (χ1n) is 9.11. The van der Waals surface area contributed by atoms with Crippen molar-refractivity contribution in [3.8, 4) is 0 Å². The highest BCUT2D eigenvalue weighted by Gasteiger charge is 2.33. The summed E-state index contributed by atoms with van der Waals surface area (Å²) in [5, 5.41) is 6.30. The number of thiazole rings is 1. The number of nitrogens with zero attached hydrogens (tertiary/aromatic N) is 2. The molecule has 3 rings (SSSR count). The number of amidine groups is 1. The van der Waals surface area contributed by atoms with Gasteiger partial charge in [0.1, 0.15) is 6.04 Å². The summed E-state index contributed by atoms with van der Waals surface area (Å²) in [6.45, 7) is 3.02. The second kappa shape index (κ2) is 10.5. The Morgan fingerprint density at radius 1 is 1.31 bits per heavy atom. The number of methoxy groups -OCH3 is 1. The Labute approximate surface area is 178 Å². The Morgan fingerprint density at radius 2 is 2.14 bits per heavy atom. The molecular weight excluding hydrogens is 414 g/mol. The molecule has 1 aromatic heterocycles. The predicted molar refractivity (Wildman–Crippen MR) is 112 cm³/mol. The first-order valence-corrected chi connectivity index (χ1v) is 10.4. The number of benzene rings is 1. The molecule has 9 heteroatoms. The van der Waals surface area contributed by atoms with Crippen molar-refractivity contribution in [2.75, 3.05) is 33.5 Å². The maximum Gasteiger partial charge on any atom is 0.338 e. The average molecular weight is 436 g/mol. The van der Waals surface area contributed by atoms with E-state index in [4.69, 9.17) is 30.8 Å². The lowest BCUT2D eigenvalue weighted by atomic mass is 9.95. The molecule has 1 aliphatic rings. The van der Waals surface area contributed by atoms with Crippen LogP contribution in [0.25, 0.3) is 0 Å². The molecule has 0 aliphatic carbocycles. The van der Waals surface area contributed by atoms with Gasteiger partial charge in [-0.3, -0.25) is 4.99 Å². The number of carbonyl (C=O) groups is 1. The minimum atomic E-state index is -0.635. The molecule has 154 valence electrons. The lowest BCUT2D eigenvalue weighted by molar-refractivity contribution is -0.139. The van der Waals surface area contributed by atoms with E-state index in [-0.39, 0.29) is 13.2 Å². The van der Waals surface area contributed by atoms with E-state index in [0.29, 0.717) is 45.9 Å². The van der Waals surface area contributed by atoms with Crippen molar-refractivity contribution >= 4 is 34.7 Å². The number of hydrogen-bond donors (Lipinski definition) is 1. The van der Waals surface area contributed by atoms with Crippen molar-refractivity contribution in [2.24, 2.45) is 4.99 Å². The van der Waals surface area contributed by atoms with Gasteiger partial charge in [-0.15, -0.1) is 11.3 Å². The van der Waals surface area contributed by atoms with Crippen molar-refractivity contribution in [1.29, 1.82) is 0 Å². The molecule has 0 spiro atoms. The molecule has 0 fully saturated rings. The van der Waals surface area contributed by atoms with Gasteiger partial charge in [0.25, 0.3) is 0 Å². The van der Waals surface area contributed by atoms with Crippen LogP contribution >= 0.6 is 22.9 Å². The number of halogens is 1. The summed E-state index contributed by atoms with van der Waals surface area (Å²) in [5.74, 6) is 0.0977. The summed E-state index contributed by atoms with van der Waals surface area (Å²) in [5.41, 5.74) is 1.66. The molecule has 1 N–H and O–H groups in total. The summed E-state index contributed by atoms with van der Waals surface area (Å²) in [6, 6.07) is 6.68. The number of carbonyl (C=O) groups excluding carboxylic acids is 1. The van der Waals surface area contributed by atoms with Crippen molar-refractivity contribution in [3.63, 3.8) is 0 Å². The molecule has 0 bridgehead atoms. The van der Waals surface area contributed by atoms with E-state index in [9.17, 15) is 4.79 Å². The number of aromatic nitrogens is 1. The lowest BCUT2D eigenvalue weighted by Gasteiger charge is -2.27. The third kappa shape index (κ3) is 5.22. The summed E-state index contributed by atoms with van der Waals surface area (Å²) in [4.78, 5) is 22.0. The largest absolute Gasteiger partial charge is 0.463 e. The Balaban J connectivity index is 2.05. The summed E-state index contributed by atoms with van der Waals surface area (Å²) in [7, 11) is 1.60. The van der Waals surface area contributed by atoms with Gasteiger partial charge < -0.3 is 19.5 Å². The van der Waals surface area contributed by atoms with Gasteiger partial charge in [-0.05, 0) is 13.0 Å². The van der Waals surface area contributed by atoms with Crippen LogP contribution in [0.5, 0.6) is 0 Å². The predicted octanol–water partition coefficient (Wildman–Crippen LogP) is 3.37. The van der Waals surface area contributed by atoms with Crippen LogP contribution < -0.4 is 5.32 Å². The van der Waals surface area contributed by atoms with Crippen LogP contribution in [-0.4, -0.2) is 50.3 Å². The fraction of sp³-hybridized carbons (Fsp3) is 0.350. The van der Waals surface area contributed by atoms with Crippen LogP contribution in [0.1, 0.15) is 23.5 Å². The summed E-state index contributed by atoms with van der Waals surface area (Å²) >= 11 is 7.89. The van der Waals surface area contributed by atoms with Gasteiger partial charge in [0, 0.05) is 29.3 Å². The molecule has 1 unspecified atom stereocenters. The van der Waals surface area contributed by atoms with Crippen LogP contribution in [0, 0.1) is 0 Å². The summed E-state index contributed by atoms with van der Waals surface area (Å²) < 4.78 is 16.0. The normalized spacial score (nSPS) is 16.4. The van der Waals surface area contributed by atoms with E-state index in [1.807, 2.05) is 23.6 Å². The fourth-order valence-electron chi connectivity index (χ4n) is 2.85. The Kier molecular flexibility index (Phi) is 7.76. The summed E-state index contributed by atoms with van der Waals surface area (Å²) in [6.07, 6.45) is 1.70. The molecule has 7 nitrogen and oxygen atoms in total. The Morgan fingerprint density at radius 3 is 2.83 bits per heavy atom. The maximum absolute atomic E-state index is 12.9. The van der Waals surface area contributed by atoms with Gasteiger partial charge in [-0.2, -0.15) is 0 Å². The Hall–Kier alpha value is -2.26. The first-order chi connectivity index (χ1) is 14.2. The second-order valence-corrected chi connectivity index (χ2v) is 7.32. The van der Waals surface area contributed by atoms with E-state index in [0.717, 1.165) is 0 Å². The van der Waals surface area contributed by atoms with Gasteiger partial charge in [0.05, 0.1) is 37.7 Å². The third-order valence-corrected chi connectivity index (χ3v) is 5.26. The number of ether oxygens (including phenoxy) is 3.